The van der Waals surface area contributed by atoms with Gasteiger partial charge in [0.15, 0.2) is 11.9 Å². The number of anilines is 2. The number of nitriles is 1. The molecule has 1 saturated heterocycles. The standard InChI is InChI=1S/C28H29N7O5/c1-27(2,3)40-26(38)21-8-10-28(11-12-29,15-39-21)35-20-9-13-31-25(37)22(20)24(34-35)32-17-5-7-18-16(14-17)4-6-19(33-18)23(30)36/h4-7,9,13-14,21H,8,10-11,15H2,1-3H3,(H2,30,36)(H,31,37)(H,32,34). The van der Waals surface area contributed by atoms with Crippen LogP contribution in [0.3, 0.4) is 0 Å². The summed E-state index contributed by atoms with van der Waals surface area (Å²) < 4.78 is 13.1. The first kappa shape index (κ1) is 26.8. The van der Waals surface area contributed by atoms with E-state index in [4.69, 9.17) is 20.3 Å². The Kier molecular flexibility index (Phi) is 6.77. The summed E-state index contributed by atoms with van der Waals surface area (Å²) >= 11 is 0. The van der Waals surface area contributed by atoms with Crippen LogP contribution in [0.15, 0.2) is 47.4 Å². The minimum absolute atomic E-state index is 0.0390. The number of nitrogens with one attached hydrogen (secondary N) is 2. The fourth-order valence-corrected chi connectivity index (χ4v) is 4.90. The van der Waals surface area contributed by atoms with Gasteiger partial charge in [0.1, 0.15) is 16.7 Å². The number of primary amides is 1. The number of hydrogen-bond acceptors (Lipinski definition) is 9. The van der Waals surface area contributed by atoms with E-state index in [1.165, 1.54) is 6.20 Å². The Morgan fingerprint density at radius 1 is 1.30 bits per heavy atom. The molecule has 0 bridgehead atoms. The Morgan fingerprint density at radius 2 is 2.10 bits per heavy atom. The van der Waals surface area contributed by atoms with Crippen LogP contribution >= 0.6 is 0 Å². The quantitative estimate of drug-likeness (QED) is 0.308. The normalized spacial score (nSPS) is 19.3. The van der Waals surface area contributed by atoms with E-state index >= 15 is 0 Å². The minimum atomic E-state index is -0.905. The van der Waals surface area contributed by atoms with Crippen molar-refractivity contribution in [3.8, 4) is 6.07 Å². The summed E-state index contributed by atoms with van der Waals surface area (Å²) in [5, 5.41) is 18.8. The first-order chi connectivity index (χ1) is 19.0. The third kappa shape index (κ3) is 5.11. The van der Waals surface area contributed by atoms with Crippen LogP contribution in [0.4, 0.5) is 11.5 Å². The molecule has 0 aliphatic carbocycles. The third-order valence-corrected chi connectivity index (χ3v) is 6.76. The van der Waals surface area contributed by atoms with E-state index in [0.29, 0.717) is 40.8 Å². The highest BCUT2D eigenvalue weighted by Gasteiger charge is 2.43. The smallest absolute Gasteiger partial charge is 0.335 e. The second-order valence-corrected chi connectivity index (χ2v) is 10.9. The number of carbonyl (C=O) groups is 2. The Labute approximate surface area is 229 Å². The van der Waals surface area contributed by atoms with Crippen molar-refractivity contribution in [2.45, 2.75) is 57.3 Å². The lowest BCUT2D eigenvalue weighted by molar-refractivity contribution is -0.176. The maximum Gasteiger partial charge on any atom is 0.335 e. The van der Waals surface area contributed by atoms with Crippen molar-refractivity contribution >= 4 is 45.2 Å². The first-order valence-corrected chi connectivity index (χ1v) is 12.8. The van der Waals surface area contributed by atoms with Gasteiger partial charge in [0.2, 0.25) is 0 Å². The zero-order valence-corrected chi connectivity index (χ0v) is 22.4. The molecule has 206 valence electrons. The van der Waals surface area contributed by atoms with E-state index in [2.05, 4.69) is 21.4 Å². The van der Waals surface area contributed by atoms with Crippen molar-refractivity contribution in [2.24, 2.45) is 5.73 Å². The van der Waals surface area contributed by atoms with Gasteiger partial charge >= 0.3 is 5.97 Å². The number of amides is 1. The second-order valence-electron chi connectivity index (χ2n) is 10.9. The molecule has 12 nitrogen and oxygen atoms in total. The molecule has 1 aliphatic rings. The number of pyridine rings is 2. The molecule has 0 radical (unpaired) electrons. The van der Waals surface area contributed by atoms with Crippen molar-refractivity contribution in [3.05, 3.63) is 58.6 Å². The molecule has 3 aromatic heterocycles. The molecular weight excluding hydrogens is 514 g/mol. The van der Waals surface area contributed by atoms with E-state index in [9.17, 15) is 19.6 Å². The molecule has 4 aromatic rings. The van der Waals surface area contributed by atoms with Gasteiger partial charge in [-0.15, -0.1) is 0 Å². The van der Waals surface area contributed by atoms with E-state index < -0.39 is 29.1 Å². The monoisotopic (exact) mass is 543 g/mol. The van der Waals surface area contributed by atoms with Gasteiger partial charge in [0, 0.05) is 17.3 Å². The lowest BCUT2D eigenvalue weighted by atomic mass is 9.87. The fraction of sp³-hybridized carbons (Fsp3) is 0.357. The summed E-state index contributed by atoms with van der Waals surface area (Å²) in [4.78, 5) is 44.0. The average Bonchev–Trinajstić information content (AvgIpc) is 3.28. The lowest BCUT2D eigenvalue weighted by Crippen LogP contribution is -2.47. The van der Waals surface area contributed by atoms with Gasteiger partial charge in [-0.25, -0.2) is 9.78 Å². The molecule has 1 fully saturated rings. The van der Waals surface area contributed by atoms with Crippen molar-refractivity contribution < 1.29 is 19.1 Å². The van der Waals surface area contributed by atoms with Crippen molar-refractivity contribution in [1.82, 2.24) is 19.7 Å². The third-order valence-electron chi connectivity index (χ3n) is 6.76. The number of aromatic amines is 1. The Morgan fingerprint density at radius 3 is 2.77 bits per heavy atom. The highest BCUT2D eigenvalue weighted by Crippen LogP contribution is 2.37. The largest absolute Gasteiger partial charge is 0.458 e. The number of carbonyl (C=O) groups excluding carboxylic acids is 2. The molecule has 1 aliphatic heterocycles. The zero-order valence-electron chi connectivity index (χ0n) is 22.4. The summed E-state index contributed by atoms with van der Waals surface area (Å²) in [5.74, 6) is -0.767. The van der Waals surface area contributed by atoms with Crippen LogP contribution in [0.1, 0.15) is 50.5 Å². The number of nitrogens with two attached hydrogens (primary N) is 1. The van der Waals surface area contributed by atoms with E-state index in [0.717, 1.165) is 5.39 Å². The molecule has 1 aromatic carbocycles. The highest BCUT2D eigenvalue weighted by molar-refractivity contribution is 5.95. The highest BCUT2D eigenvalue weighted by atomic mass is 16.6. The van der Waals surface area contributed by atoms with E-state index in [-0.39, 0.29) is 24.3 Å². The summed E-state index contributed by atoms with van der Waals surface area (Å²) in [7, 11) is 0. The van der Waals surface area contributed by atoms with Crippen molar-refractivity contribution in [2.75, 3.05) is 11.9 Å². The van der Waals surface area contributed by atoms with Gasteiger partial charge in [0.05, 0.1) is 35.7 Å². The van der Waals surface area contributed by atoms with Crippen LogP contribution in [0.5, 0.6) is 0 Å². The SMILES string of the molecule is CC(C)(C)OC(=O)C1CCC(CC#N)(n2nc(Nc3ccc4nc(C(N)=O)ccc4c3)c3c(=O)[nH]ccc32)CO1. The zero-order chi connectivity index (χ0) is 28.7. The number of H-pyrrole nitrogens is 1. The number of benzene rings is 1. The molecule has 1 amide bonds. The van der Waals surface area contributed by atoms with Crippen LogP contribution in [0, 0.1) is 11.3 Å². The summed E-state index contributed by atoms with van der Waals surface area (Å²) in [6.07, 6.45) is 1.57. The molecular formula is C28H29N7O5. The summed E-state index contributed by atoms with van der Waals surface area (Å²) in [6, 6.07) is 12.5. The van der Waals surface area contributed by atoms with Gasteiger partial charge < -0.3 is 25.5 Å². The van der Waals surface area contributed by atoms with Crippen LogP contribution in [0.25, 0.3) is 21.8 Å². The topological polar surface area (TPSA) is 178 Å². The molecule has 40 heavy (non-hydrogen) atoms. The second kappa shape index (κ2) is 10.1. The number of esters is 1. The predicted octanol–water partition coefficient (Wildman–Crippen LogP) is 3.24. The molecule has 4 N–H and O–H groups in total. The number of aromatic nitrogens is 4. The Bertz CT molecular complexity index is 1720. The van der Waals surface area contributed by atoms with Gasteiger partial charge in [-0.3, -0.25) is 14.3 Å². The fourth-order valence-electron chi connectivity index (χ4n) is 4.90. The maximum atomic E-state index is 13.0. The first-order valence-electron chi connectivity index (χ1n) is 12.8. The van der Waals surface area contributed by atoms with Crippen LogP contribution < -0.4 is 16.6 Å². The number of hydrogen-bond donors (Lipinski definition) is 3. The van der Waals surface area contributed by atoms with Gasteiger partial charge in [-0.05, 0) is 63.9 Å². The van der Waals surface area contributed by atoms with Crippen molar-refractivity contribution in [3.63, 3.8) is 0 Å². The minimum Gasteiger partial charge on any atom is -0.458 e. The molecule has 0 saturated carbocycles. The number of nitrogens with zero attached hydrogens (tertiary/aromatic N) is 4. The van der Waals surface area contributed by atoms with E-state index in [1.807, 2.05) is 6.07 Å². The number of rotatable bonds is 6. The molecule has 4 heterocycles. The summed E-state index contributed by atoms with van der Waals surface area (Å²) in [5.41, 5.74) is 5.34. The van der Waals surface area contributed by atoms with Crippen molar-refractivity contribution in [1.29, 1.82) is 5.26 Å². The van der Waals surface area contributed by atoms with Gasteiger partial charge in [-0.2, -0.15) is 10.4 Å². The van der Waals surface area contributed by atoms with Crippen LogP contribution in [0.2, 0.25) is 0 Å². The molecule has 12 heteroatoms. The van der Waals surface area contributed by atoms with E-state index in [1.54, 1.807) is 55.8 Å². The maximum absolute atomic E-state index is 13.0. The lowest BCUT2D eigenvalue weighted by Gasteiger charge is -2.39. The molecule has 2 atom stereocenters. The average molecular weight is 544 g/mol. The molecule has 0 spiro atoms. The van der Waals surface area contributed by atoms with Gasteiger partial charge in [-0.1, -0.05) is 6.07 Å². The van der Waals surface area contributed by atoms with Crippen LogP contribution in [-0.4, -0.2) is 49.9 Å². The summed E-state index contributed by atoms with van der Waals surface area (Å²) in [6.45, 7) is 5.41. The van der Waals surface area contributed by atoms with Gasteiger partial charge in [0.25, 0.3) is 11.5 Å². The van der Waals surface area contributed by atoms with Crippen LogP contribution in [-0.2, 0) is 19.8 Å². The Hall–Kier alpha value is -4.76. The molecule has 2 unspecified atom stereocenters. The molecule has 5 rings (SSSR count). The number of ether oxygens (including phenoxy) is 2. The number of fused-ring (bicyclic) bond motifs is 2. The predicted molar refractivity (Wildman–Crippen MR) is 147 cm³/mol. The Balaban J connectivity index is 1.50.